The zero-order valence-electron chi connectivity index (χ0n) is 10.5. The second-order valence-corrected chi connectivity index (χ2v) is 4.88. The molecule has 0 spiro atoms. The smallest absolute Gasteiger partial charge is 0.343 e. The molecule has 2 aromatic rings. The van der Waals surface area contributed by atoms with Crippen molar-refractivity contribution in [3.63, 3.8) is 0 Å². The number of amides is 1. The maximum Gasteiger partial charge on any atom is 0.343 e. The van der Waals surface area contributed by atoms with Gasteiger partial charge in [0.2, 0.25) is 5.91 Å². The van der Waals surface area contributed by atoms with Crippen molar-refractivity contribution in [2.75, 3.05) is 16.8 Å². The number of nitrogens with zero attached hydrogens (tertiary/aromatic N) is 2. The number of nitrogens with two attached hydrogens (primary N) is 1. The molecular formula is C11H12FN5O2S. The van der Waals surface area contributed by atoms with Crippen molar-refractivity contribution < 1.29 is 9.18 Å². The highest BCUT2D eigenvalue weighted by molar-refractivity contribution is 7.99. The Morgan fingerprint density at radius 3 is 3.00 bits per heavy atom. The van der Waals surface area contributed by atoms with Gasteiger partial charge in [-0.15, -0.1) is 5.10 Å². The van der Waals surface area contributed by atoms with Crippen LogP contribution in [0.1, 0.15) is 0 Å². The van der Waals surface area contributed by atoms with E-state index in [1.807, 2.05) is 0 Å². The Kier molecular flexibility index (Phi) is 4.08. The molecule has 0 radical (unpaired) electrons. The number of nitrogen functional groups attached to an aromatic ring is 1. The third kappa shape index (κ3) is 3.18. The normalized spacial score (nSPS) is 10.5. The average molecular weight is 297 g/mol. The molecule has 0 saturated carbocycles. The Morgan fingerprint density at radius 1 is 1.60 bits per heavy atom. The summed E-state index contributed by atoms with van der Waals surface area (Å²) < 4.78 is 14.3. The molecule has 0 saturated heterocycles. The van der Waals surface area contributed by atoms with Crippen LogP contribution in [-0.2, 0) is 11.8 Å². The Morgan fingerprint density at radius 2 is 2.35 bits per heavy atom. The third-order valence-electron chi connectivity index (χ3n) is 2.46. The third-order valence-corrected chi connectivity index (χ3v) is 3.49. The van der Waals surface area contributed by atoms with Gasteiger partial charge in [-0.2, -0.15) is 0 Å². The van der Waals surface area contributed by atoms with Gasteiger partial charge >= 0.3 is 5.69 Å². The lowest BCUT2D eigenvalue weighted by molar-refractivity contribution is -0.113. The predicted molar refractivity (Wildman–Crippen MR) is 74.0 cm³/mol. The average Bonchev–Trinajstić information content (AvgIpc) is 2.72. The molecular weight excluding hydrogens is 285 g/mol. The molecule has 2 rings (SSSR count). The molecule has 1 aromatic heterocycles. The lowest BCUT2D eigenvalue weighted by atomic mass is 10.2. The number of rotatable bonds is 4. The van der Waals surface area contributed by atoms with Crippen LogP contribution in [0, 0.1) is 5.82 Å². The van der Waals surface area contributed by atoms with E-state index in [9.17, 15) is 14.0 Å². The van der Waals surface area contributed by atoms with Gasteiger partial charge in [0.25, 0.3) is 0 Å². The number of nitrogens with one attached hydrogen (secondary N) is 2. The minimum Gasteiger partial charge on any atom is -0.397 e. The summed E-state index contributed by atoms with van der Waals surface area (Å²) in [5.41, 5.74) is 5.75. The Bertz CT molecular complexity index is 696. The molecule has 0 bridgehead atoms. The van der Waals surface area contributed by atoms with E-state index in [-0.39, 0.29) is 28.7 Å². The van der Waals surface area contributed by atoms with Crippen LogP contribution in [0.3, 0.4) is 0 Å². The maximum atomic E-state index is 13.0. The number of aromatic amines is 1. The lowest BCUT2D eigenvalue weighted by Gasteiger charge is -2.07. The first kappa shape index (κ1) is 14.1. The van der Waals surface area contributed by atoms with E-state index < -0.39 is 5.82 Å². The molecule has 4 N–H and O–H groups in total. The van der Waals surface area contributed by atoms with Crippen LogP contribution < -0.4 is 16.7 Å². The highest BCUT2D eigenvalue weighted by atomic mass is 32.2. The zero-order valence-corrected chi connectivity index (χ0v) is 11.3. The fourth-order valence-electron chi connectivity index (χ4n) is 1.41. The van der Waals surface area contributed by atoms with Crippen LogP contribution >= 0.6 is 11.8 Å². The molecule has 9 heteroatoms. The Labute approximate surface area is 117 Å². The van der Waals surface area contributed by atoms with Gasteiger partial charge in [0.1, 0.15) is 5.82 Å². The summed E-state index contributed by atoms with van der Waals surface area (Å²) in [5.74, 6) is -0.840. The number of H-pyrrole nitrogens is 1. The first-order valence-corrected chi connectivity index (χ1v) is 6.55. The molecule has 1 heterocycles. The molecule has 20 heavy (non-hydrogen) atoms. The quantitative estimate of drug-likeness (QED) is 0.565. The molecule has 106 valence electrons. The number of thioether (sulfide) groups is 1. The first-order chi connectivity index (χ1) is 9.47. The molecule has 1 aromatic carbocycles. The van der Waals surface area contributed by atoms with Gasteiger partial charge in [0.05, 0.1) is 17.1 Å². The largest absolute Gasteiger partial charge is 0.397 e. The van der Waals surface area contributed by atoms with Gasteiger partial charge in [-0.25, -0.2) is 14.3 Å². The summed E-state index contributed by atoms with van der Waals surface area (Å²) in [6.07, 6.45) is 0. The van der Waals surface area contributed by atoms with Crippen LogP contribution in [0.2, 0.25) is 0 Å². The van der Waals surface area contributed by atoms with E-state index in [1.54, 1.807) is 0 Å². The van der Waals surface area contributed by atoms with Crippen LogP contribution in [-0.4, -0.2) is 26.4 Å². The van der Waals surface area contributed by atoms with E-state index in [0.29, 0.717) is 5.16 Å². The van der Waals surface area contributed by atoms with Crippen molar-refractivity contribution in [1.29, 1.82) is 0 Å². The van der Waals surface area contributed by atoms with Crippen molar-refractivity contribution in [3.05, 3.63) is 34.5 Å². The summed E-state index contributed by atoms with van der Waals surface area (Å²) in [5, 5.41) is 8.90. The minimum absolute atomic E-state index is 0.0219. The van der Waals surface area contributed by atoms with Crippen molar-refractivity contribution in [2.24, 2.45) is 7.05 Å². The van der Waals surface area contributed by atoms with E-state index in [4.69, 9.17) is 5.73 Å². The molecule has 0 fully saturated rings. The summed E-state index contributed by atoms with van der Waals surface area (Å²) in [4.78, 5) is 22.9. The van der Waals surface area contributed by atoms with Gasteiger partial charge in [-0.1, -0.05) is 11.8 Å². The van der Waals surface area contributed by atoms with Crippen LogP contribution in [0.5, 0.6) is 0 Å². The second-order valence-electron chi connectivity index (χ2n) is 3.94. The van der Waals surface area contributed by atoms with E-state index >= 15 is 0 Å². The molecule has 0 atom stereocenters. The van der Waals surface area contributed by atoms with E-state index in [2.05, 4.69) is 15.5 Å². The number of hydrogen-bond acceptors (Lipinski definition) is 5. The zero-order chi connectivity index (χ0) is 14.7. The fourth-order valence-corrected chi connectivity index (χ4v) is 2.13. The van der Waals surface area contributed by atoms with Gasteiger partial charge in [0.15, 0.2) is 5.16 Å². The molecule has 7 nitrogen and oxygen atoms in total. The summed E-state index contributed by atoms with van der Waals surface area (Å²) >= 11 is 1.08. The second kappa shape index (κ2) is 5.78. The first-order valence-electron chi connectivity index (χ1n) is 5.56. The monoisotopic (exact) mass is 297 g/mol. The summed E-state index contributed by atoms with van der Waals surface area (Å²) in [7, 11) is 1.54. The van der Waals surface area contributed by atoms with Gasteiger partial charge in [-0.3, -0.25) is 9.36 Å². The van der Waals surface area contributed by atoms with Gasteiger partial charge < -0.3 is 11.1 Å². The minimum atomic E-state index is -0.489. The molecule has 1 amide bonds. The standard InChI is InChI=1S/C11H12FN5O2S/c1-17-10(19)15-16-11(17)20-5-9(18)14-8-4-6(12)2-3-7(8)13/h2-4H,5,13H2,1H3,(H,14,18)(H,15,19). The number of aromatic nitrogens is 3. The number of carbonyl (C=O) groups excluding carboxylic acids is 1. The molecule has 0 unspecified atom stereocenters. The van der Waals surface area contributed by atoms with E-state index in [1.165, 1.54) is 23.7 Å². The van der Waals surface area contributed by atoms with Crippen LogP contribution in [0.25, 0.3) is 0 Å². The number of carbonyl (C=O) groups is 1. The van der Waals surface area contributed by atoms with Crippen molar-refractivity contribution >= 4 is 29.0 Å². The van der Waals surface area contributed by atoms with Gasteiger partial charge in [0, 0.05) is 7.05 Å². The van der Waals surface area contributed by atoms with Crippen molar-refractivity contribution in [3.8, 4) is 0 Å². The lowest BCUT2D eigenvalue weighted by Crippen LogP contribution is -2.17. The van der Waals surface area contributed by atoms with Crippen LogP contribution in [0.4, 0.5) is 15.8 Å². The Balaban J connectivity index is 1.97. The summed E-state index contributed by atoms with van der Waals surface area (Å²) in [6.45, 7) is 0. The van der Waals surface area contributed by atoms with E-state index in [0.717, 1.165) is 17.8 Å². The highest BCUT2D eigenvalue weighted by Crippen LogP contribution is 2.20. The molecule has 0 aliphatic heterocycles. The van der Waals surface area contributed by atoms with Gasteiger partial charge in [-0.05, 0) is 18.2 Å². The van der Waals surface area contributed by atoms with Crippen LogP contribution in [0.15, 0.2) is 28.2 Å². The van der Waals surface area contributed by atoms with Crippen molar-refractivity contribution in [2.45, 2.75) is 5.16 Å². The molecule has 0 aliphatic carbocycles. The predicted octanol–water partition coefficient (Wildman–Crippen LogP) is 0.561. The van der Waals surface area contributed by atoms with Crippen molar-refractivity contribution in [1.82, 2.24) is 14.8 Å². The highest BCUT2D eigenvalue weighted by Gasteiger charge is 2.10. The number of halogens is 1. The molecule has 0 aliphatic rings. The summed E-state index contributed by atoms with van der Waals surface area (Å²) in [6, 6.07) is 3.72. The SMILES string of the molecule is Cn1c(SCC(=O)Nc2cc(F)ccc2N)n[nH]c1=O. The number of hydrogen-bond donors (Lipinski definition) is 3. The topological polar surface area (TPSA) is 106 Å². The maximum absolute atomic E-state index is 13.0. The Hall–Kier alpha value is -2.29. The fraction of sp³-hybridized carbons (Fsp3) is 0.182. The number of benzene rings is 1. The number of anilines is 2.